The molecule has 3 nitrogen and oxygen atoms in total. The minimum absolute atomic E-state index is 0.998. The molecule has 0 atom stereocenters. The highest BCUT2D eigenvalue weighted by Crippen LogP contribution is 2.12. The number of aliphatic imine (C=N–C) groups is 1. The van der Waals surface area contributed by atoms with Crippen LogP contribution in [0.15, 0.2) is 41.7 Å². The van der Waals surface area contributed by atoms with Gasteiger partial charge in [-0.2, -0.15) is 0 Å². The van der Waals surface area contributed by atoms with Crippen molar-refractivity contribution >= 4 is 6.34 Å². The third-order valence-corrected chi connectivity index (χ3v) is 1.31. The lowest BCUT2D eigenvalue weighted by molar-refractivity contribution is 0.365. The highest BCUT2D eigenvalue weighted by molar-refractivity contribution is 5.64. The Hall–Kier alpha value is -1.51. The van der Waals surface area contributed by atoms with Gasteiger partial charge in [0, 0.05) is 12.4 Å². The minimum atomic E-state index is 0.998. The van der Waals surface area contributed by atoms with Crippen molar-refractivity contribution in [1.82, 2.24) is 4.90 Å². The van der Waals surface area contributed by atoms with Crippen LogP contribution in [0.2, 0.25) is 0 Å². The van der Waals surface area contributed by atoms with Crippen molar-refractivity contribution in [3.63, 3.8) is 0 Å². The predicted molar refractivity (Wildman–Crippen MR) is 37.8 cm³/mol. The second-order valence-corrected chi connectivity index (χ2v) is 1.95. The Kier molecular flexibility index (Phi) is 1.07. The number of hydrogen-bond acceptors (Lipinski definition) is 3. The molecule has 0 spiro atoms. The van der Waals surface area contributed by atoms with Crippen molar-refractivity contribution in [2.24, 2.45) is 4.99 Å². The van der Waals surface area contributed by atoms with Gasteiger partial charge in [-0.1, -0.05) is 0 Å². The average molecular weight is 134 g/mol. The lowest BCUT2D eigenvalue weighted by Gasteiger charge is -2.19. The smallest absolute Gasteiger partial charge is 0.114 e. The van der Waals surface area contributed by atoms with E-state index >= 15 is 0 Å². The number of nitrogens with zero attached hydrogens (tertiary/aromatic N) is 2. The van der Waals surface area contributed by atoms with Gasteiger partial charge >= 0.3 is 0 Å². The minimum Gasteiger partial charge on any atom is -0.469 e. The zero-order valence-electron chi connectivity index (χ0n) is 5.27. The van der Waals surface area contributed by atoms with Gasteiger partial charge in [0.15, 0.2) is 0 Å². The third kappa shape index (κ3) is 0.719. The van der Waals surface area contributed by atoms with Crippen molar-refractivity contribution in [3.05, 3.63) is 36.7 Å². The summed E-state index contributed by atoms with van der Waals surface area (Å²) in [5.74, 6) is 0. The van der Waals surface area contributed by atoms with E-state index in [4.69, 9.17) is 4.74 Å². The molecular formula is C7H6N2O. The number of hydrogen-bond donors (Lipinski definition) is 0. The standard InChI is InChI=1S/C7H6N2O/c1-2-8-6-9-3-4-10-5-7(1)9/h1-6H. The van der Waals surface area contributed by atoms with Gasteiger partial charge in [0.25, 0.3) is 0 Å². The Balaban J connectivity index is 2.33. The Labute approximate surface area is 58.6 Å². The van der Waals surface area contributed by atoms with Crippen LogP contribution in [-0.2, 0) is 4.74 Å². The molecule has 2 rings (SSSR count). The van der Waals surface area contributed by atoms with E-state index in [9.17, 15) is 0 Å². The van der Waals surface area contributed by atoms with Gasteiger partial charge in [0.1, 0.15) is 12.5 Å². The van der Waals surface area contributed by atoms with Crippen molar-refractivity contribution in [1.29, 1.82) is 0 Å². The van der Waals surface area contributed by atoms with E-state index in [1.54, 1.807) is 25.1 Å². The highest BCUT2D eigenvalue weighted by atomic mass is 16.5. The Morgan fingerprint density at radius 2 is 2.50 bits per heavy atom. The van der Waals surface area contributed by atoms with E-state index < -0.39 is 0 Å². The van der Waals surface area contributed by atoms with Gasteiger partial charge in [-0.3, -0.25) is 0 Å². The molecule has 0 aliphatic carbocycles. The molecule has 3 heteroatoms. The van der Waals surface area contributed by atoms with E-state index in [1.165, 1.54) is 0 Å². The van der Waals surface area contributed by atoms with E-state index in [2.05, 4.69) is 4.99 Å². The molecule has 50 valence electrons. The lowest BCUT2D eigenvalue weighted by Crippen LogP contribution is -2.17. The summed E-state index contributed by atoms with van der Waals surface area (Å²) < 4.78 is 4.94. The number of rotatable bonds is 0. The van der Waals surface area contributed by atoms with Gasteiger partial charge < -0.3 is 9.64 Å². The summed E-state index contributed by atoms with van der Waals surface area (Å²) in [6, 6.07) is 0. The number of allylic oxidation sites excluding steroid dienone is 1. The molecule has 0 aromatic carbocycles. The first kappa shape index (κ1) is 5.29. The molecule has 0 fully saturated rings. The monoisotopic (exact) mass is 134 g/mol. The first-order chi connectivity index (χ1) is 4.97. The summed E-state index contributed by atoms with van der Waals surface area (Å²) in [6.45, 7) is 0. The highest BCUT2D eigenvalue weighted by Gasteiger charge is 2.06. The summed E-state index contributed by atoms with van der Waals surface area (Å²) in [6.07, 6.45) is 10.4. The van der Waals surface area contributed by atoms with Gasteiger partial charge in [-0.15, -0.1) is 0 Å². The molecule has 2 aliphatic rings. The van der Waals surface area contributed by atoms with Gasteiger partial charge in [-0.25, -0.2) is 4.99 Å². The molecule has 0 saturated carbocycles. The molecule has 2 aliphatic heterocycles. The van der Waals surface area contributed by atoms with E-state index in [-0.39, 0.29) is 0 Å². The average Bonchev–Trinajstić information content (AvgIpc) is 2.05. The Morgan fingerprint density at radius 3 is 3.40 bits per heavy atom. The number of ether oxygens (including phenoxy) is 1. The molecule has 0 aromatic rings. The maximum absolute atomic E-state index is 4.94. The Morgan fingerprint density at radius 1 is 1.50 bits per heavy atom. The SMILES string of the molecule is C1=CC2=COC=CN2C=N1. The predicted octanol–water partition coefficient (Wildman–Crippen LogP) is 1.19. The fourth-order valence-corrected chi connectivity index (χ4v) is 0.817. The second-order valence-electron chi connectivity index (χ2n) is 1.95. The molecule has 0 N–H and O–H groups in total. The topological polar surface area (TPSA) is 24.8 Å². The summed E-state index contributed by atoms with van der Waals surface area (Å²) in [4.78, 5) is 5.81. The summed E-state index contributed by atoms with van der Waals surface area (Å²) >= 11 is 0. The molecule has 0 amide bonds. The van der Waals surface area contributed by atoms with Crippen LogP contribution < -0.4 is 0 Å². The Bertz CT molecular complexity index is 250. The van der Waals surface area contributed by atoms with Crippen LogP contribution >= 0.6 is 0 Å². The number of fused-ring (bicyclic) bond motifs is 1. The van der Waals surface area contributed by atoms with E-state index in [0.29, 0.717) is 0 Å². The van der Waals surface area contributed by atoms with Crippen LogP contribution in [-0.4, -0.2) is 11.2 Å². The maximum Gasteiger partial charge on any atom is 0.114 e. The van der Waals surface area contributed by atoms with Crippen molar-refractivity contribution in [2.45, 2.75) is 0 Å². The molecule has 2 heterocycles. The normalized spacial score (nSPS) is 20.0. The molecule has 10 heavy (non-hydrogen) atoms. The molecule has 0 radical (unpaired) electrons. The molecule has 0 unspecified atom stereocenters. The third-order valence-electron chi connectivity index (χ3n) is 1.31. The molecule has 0 bridgehead atoms. The molecule has 0 aromatic heterocycles. The maximum atomic E-state index is 4.94. The first-order valence-corrected chi connectivity index (χ1v) is 2.97. The molecule has 0 saturated heterocycles. The van der Waals surface area contributed by atoms with Crippen molar-refractivity contribution in [2.75, 3.05) is 0 Å². The van der Waals surface area contributed by atoms with Crippen molar-refractivity contribution < 1.29 is 4.74 Å². The van der Waals surface area contributed by atoms with Crippen LogP contribution in [0.1, 0.15) is 0 Å². The van der Waals surface area contributed by atoms with Crippen LogP contribution in [0.4, 0.5) is 0 Å². The quantitative estimate of drug-likeness (QED) is 0.497. The van der Waals surface area contributed by atoms with E-state index in [0.717, 1.165) is 5.70 Å². The van der Waals surface area contributed by atoms with Crippen LogP contribution in [0, 0.1) is 0 Å². The molecular weight excluding hydrogens is 128 g/mol. The van der Waals surface area contributed by atoms with Gasteiger partial charge in [-0.05, 0) is 6.08 Å². The van der Waals surface area contributed by atoms with Crippen LogP contribution in [0.25, 0.3) is 0 Å². The van der Waals surface area contributed by atoms with Crippen LogP contribution in [0.3, 0.4) is 0 Å². The summed E-state index contributed by atoms with van der Waals surface area (Å²) in [5, 5.41) is 0. The summed E-state index contributed by atoms with van der Waals surface area (Å²) in [7, 11) is 0. The fourth-order valence-electron chi connectivity index (χ4n) is 0.817. The second kappa shape index (κ2) is 2.02. The summed E-state index contributed by atoms with van der Waals surface area (Å²) in [5.41, 5.74) is 0.998. The zero-order valence-corrected chi connectivity index (χ0v) is 5.27. The van der Waals surface area contributed by atoms with Gasteiger partial charge in [0.2, 0.25) is 0 Å². The fraction of sp³-hybridized carbons (Fsp3) is 0. The van der Waals surface area contributed by atoms with Crippen molar-refractivity contribution in [3.8, 4) is 0 Å². The van der Waals surface area contributed by atoms with Gasteiger partial charge in [0.05, 0.1) is 12.0 Å². The zero-order chi connectivity index (χ0) is 6.81. The largest absolute Gasteiger partial charge is 0.469 e. The first-order valence-electron chi connectivity index (χ1n) is 2.97. The van der Waals surface area contributed by atoms with E-state index in [1.807, 2.05) is 17.2 Å². The van der Waals surface area contributed by atoms with Crippen LogP contribution in [0.5, 0.6) is 0 Å². The lowest BCUT2D eigenvalue weighted by atomic mass is 10.4.